The van der Waals surface area contributed by atoms with Gasteiger partial charge in [0, 0.05) is 35.7 Å². The summed E-state index contributed by atoms with van der Waals surface area (Å²) < 4.78 is 36.4. The fraction of sp³-hybridized carbons (Fsp3) is 0.393. The summed E-state index contributed by atoms with van der Waals surface area (Å²) in [6.07, 6.45) is 2.40. The minimum Gasteiger partial charge on any atom is -0.467 e. The number of carbonyl (C=O) groups excluding carboxylic acids is 2. The van der Waals surface area contributed by atoms with Crippen LogP contribution in [0.2, 0.25) is 5.02 Å². The van der Waals surface area contributed by atoms with Gasteiger partial charge in [0.1, 0.15) is 10.3 Å². The minimum absolute atomic E-state index is 0.0988. The number of likely N-dealkylation sites (tertiary alicyclic amines) is 1. The van der Waals surface area contributed by atoms with Crippen LogP contribution in [0.3, 0.4) is 0 Å². The third-order valence-electron chi connectivity index (χ3n) is 7.78. The molecule has 3 aromatic rings. The van der Waals surface area contributed by atoms with Crippen LogP contribution in [0.4, 0.5) is 0 Å². The summed E-state index contributed by atoms with van der Waals surface area (Å²) in [5, 5.41) is 1.21. The van der Waals surface area contributed by atoms with E-state index in [0.29, 0.717) is 10.4 Å². The normalized spacial score (nSPS) is 19.9. The standard InChI is InChI=1S/C28H30ClN4O5S2/c1-38-28(35)23-17-32(40(36,37)26-15-21-14-22(29)8-9-24(21)39-26)18-25(34)33(23)16-19-4-6-20(7-5-19)27(30-10-2-11-30)31-12-3-13-31/h4-9,14-15,23H,2-3,10-13,16-18H2,1H3/q+1/t23-/m1/s1. The van der Waals surface area contributed by atoms with Gasteiger partial charge in [-0.1, -0.05) is 23.7 Å². The van der Waals surface area contributed by atoms with Crippen molar-refractivity contribution in [3.8, 4) is 0 Å². The zero-order valence-electron chi connectivity index (χ0n) is 22.1. The van der Waals surface area contributed by atoms with Crippen molar-refractivity contribution in [1.29, 1.82) is 0 Å². The SMILES string of the molecule is COC(=O)[C@H]1CN(S(=O)(=O)c2cc3cc(Cl)ccc3s2)CC(=O)N1Cc1ccc(C(N2CCC2)=[N+]2CCC2)cc1. The Morgan fingerprint density at radius 2 is 1.85 bits per heavy atom. The number of amidine groups is 1. The molecule has 4 heterocycles. The smallest absolute Gasteiger partial charge is 0.329 e. The van der Waals surface area contributed by atoms with Crippen LogP contribution >= 0.6 is 22.9 Å². The van der Waals surface area contributed by atoms with Gasteiger partial charge in [0.2, 0.25) is 5.91 Å². The Morgan fingerprint density at radius 1 is 1.10 bits per heavy atom. The van der Waals surface area contributed by atoms with Gasteiger partial charge in [-0.25, -0.2) is 13.2 Å². The Kier molecular flexibility index (Phi) is 7.32. The highest BCUT2D eigenvalue weighted by atomic mass is 35.5. The van der Waals surface area contributed by atoms with Gasteiger partial charge in [0.25, 0.3) is 15.9 Å². The molecule has 0 bridgehead atoms. The number of amides is 1. The lowest BCUT2D eigenvalue weighted by molar-refractivity contribution is -0.587. The fourth-order valence-electron chi connectivity index (χ4n) is 5.31. The van der Waals surface area contributed by atoms with Crippen LogP contribution in [0.15, 0.2) is 52.7 Å². The molecule has 1 aromatic heterocycles. The van der Waals surface area contributed by atoms with Gasteiger partial charge in [-0.05, 0) is 47.3 Å². The molecule has 0 aliphatic carbocycles. The highest BCUT2D eigenvalue weighted by Crippen LogP contribution is 2.33. The van der Waals surface area contributed by atoms with E-state index in [0.717, 1.165) is 57.6 Å². The van der Waals surface area contributed by atoms with Gasteiger partial charge in [0.15, 0.2) is 0 Å². The molecule has 12 heteroatoms. The van der Waals surface area contributed by atoms with Crippen LogP contribution < -0.4 is 0 Å². The van der Waals surface area contributed by atoms with Gasteiger partial charge >= 0.3 is 5.97 Å². The van der Waals surface area contributed by atoms with E-state index >= 15 is 0 Å². The number of benzene rings is 2. The maximum atomic E-state index is 13.5. The Hall–Kier alpha value is -2.99. The number of hydrogen-bond donors (Lipinski definition) is 0. The van der Waals surface area contributed by atoms with E-state index in [-0.39, 0.29) is 23.8 Å². The fourth-order valence-corrected chi connectivity index (χ4v) is 8.42. The molecule has 3 aliphatic rings. The van der Waals surface area contributed by atoms with Gasteiger partial charge in [-0.3, -0.25) is 14.3 Å². The molecule has 9 nitrogen and oxygen atoms in total. The summed E-state index contributed by atoms with van der Waals surface area (Å²) in [6, 6.07) is 13.7. The average Bonchev–Trinajstić information content (AvgIpc) is 3.31. The van der Waals surface area contributed by atoms with Crippen molar-refractivity contribution in [2.45, 2.75) is 29.6 Å². The summed E-state index contributed by atoms with van der Waals surface area (Å²) >= 11 is 7.18. The van der Waals surface area contributed by atoms with Crippen LogP contribution in [0.25, 0.3) is 10.1 Å². The third kappa shape index (κ3) is 5.00. The first-order valence-electron chi connectivity index (χ1n) is 13.3. The number of halogens is 1. The van der Waals surface area contributed by atoms with E-state index in [1.165, 1.54) is 30.7 Å². The second kappa shape index (κ2) is 10.8. The predicted molar refractivity (Wildman–Crippen MR) is 153 cm³/mol. The van der Waals surface area contributed by atoms with Crippen molar-refractivity contribution in [2.75, 3.05) is 46.4 Å². The van der Waals surface area contributed by atoms with E-state index in [1.807, 2.05) is 12.1 Å². The predicted octanol–water partition coefficient (Wildman–Crippen LogP) is 3.00. The molecule has 3 fully saturated rings. The number of piperazine rings is 1. The summed E-state index contributed by atoms with van der Waals surface area (Å²) in [7, 11) is -2.78. The molecule has 6 rings (SSSR count). The zero-order valence-corrected chi connectivity index (χ0v) is 24.5. The van der Waals surface area contributed by atoms with Gasteiger partial charge in [-0.2, -0.15) is 4.31 Å². The minimum atomic E-state index is -4.02. The number of thiophene rings is 1. The number of methoxy groups -OCH3 is 1. The Morgan fingerprint density at radius 3 is 2.48 bits per heavy atom. The number of hydrogen-bond acceptors (Lipinski definition) is 6. The molecule has 2 aromatic carbocycles. The molecule has 1 atom stereocenters. The van der Waals surface area contributed by atoms with Crippen molar-refractivity contribution < 1.29 is 27.3 Å². The Bertz CT molecular complexity index is 1610. The van der Waals surface area contributed by atoms with Gasteiger partial charge < -0.3 is 9.64 Å². The quantitative estimate of drug-likeness (QED) is 0.245. The largest absolute Gasteiger partial charge is 0.467 e. The Labute approximate surface area is 242 Å². The second-order valence-corrected chi connectivity index (χ2v) is 14.0. The Balaban J connectivity index is 1.23. The topological polar surface area (TPSA) is 90.2 Å². The average molecular weight is 602 g/mol. The lowest BCUT2D eigenvalue weighted by atomic mass is 10.0. The monoisotopic (exact) mass is 601 g/mol. The van der Waals surface area contributed by atoms with E-state index in [4.69, 9.17) is 16.3 Å². The van der Waals surface area contributed by atoms with Crippen LogP contribution in [0.5, 0.6) is 0 Å². The van der Waals surface area contributed by atoms with Crippen molar-refractivity contribution in [3.05, 3.63) is 64.7 Å². The third-order valence-corrected chi connectivity index (χ3v) is 11.4. The zero-order chi connectivity index (χ0) is 28.0. The number of sulfonamides is 1. The molecule has 0 N–H and O–H groups in total. The van der Waals surface area contributed by atoms with Crippen molar-refractivity contribution in [3.63, 3.8) is 0 Å². The highest BCUT2D eigenvalue weighted by molar-refractivity contribution is 7.91. The number of ether oxygens (including phenoxy) is 1. The maximum absolute atomic E-state index is 13.5. The molecule has 210 valence electrons. The molecule has 40 heavy (non-hydrogen) atoms. The first-order valence-corrected chi connectivity index (χ1v) is 15.9. The number of nitrogens with zero attached hydrogens (tertiary/aromatic N) is 4. The van der Waals surface area contributed by atoms with Crippen molar-refractivity contribution in [2.24, 2.45) is 0 Å². The molecule has 0 unspecified atom stereocenters. The molecule has 3 saturated heterocycles. The summed E-state index contributed by atoms with van der Waals surface area (Å²) in [6.45, 7) is 3.88. The number of fused-ring (bicyclic) bond motifs is 1. The van der Waals surface area contributed by atoms with E-state index < -0.39 is 27.9 Å². The summed E-state index contributed by atoms with van der Waals surface area (Å²) in [4.78, 5) is 30.0. The van der Waals surface area contributed by atoms with E-state index in [2.05, 4.69) is 21.6 Å². The molecule has 1 amide bonds. The van der Waals surface area contributed by atoms with E-state index in [1.54, 1.807) is 24.3 Å². The highest BCUT2D eigenvalue weighted by Gasteiger charge is 2.43. The second-order valence-electron chi connectivity index (χ2n) is 10.3. The van der Waals surface area contributed by atoms with Crippen molar-refractivity contribution >= 4 is 60.8 Å². The lowest BCUT2D eigenvalue weighted by Crippen LogP contribution is -2.60. The van der Waals surface area contributed by atoms with Gasteiger partial charge in [0.05, 0.1) is 45.4 Å². The summed E-state index contributed by atoms with van der Waals surface area (Å²) in [5.41, 5.74) is 2.00. The molecule has 3 aliphatic heterocycles. The van der Waals surface area contributed by atoms with E-state index in [9.17, 15) is 18.0 Å². The van der Waals surface area contributed by atoms with Crippen LogP contribution in [0.1, 0.15) is 24.0 Å². The number of rotatable bonds is 6. The number of esters is 1. The molecular formula is C28H30ClN4O5S2+. The van der Waals surface area contributed by atoms with Crippen LogP contribution in [-0.4, -0.2) is 97.2 Å². The maximum Gasteiger partial charge on any atom is 0.329 e. The van der Waals surface area contributed by atoms with Crippen molar-refractivity contribution in [1.82, 2.24) is 14.1 Å². The lowest BCUT2D eigenvalue weighted by Gasteiger charge is -2.38. The van der Waals surface area contributed by atoms with Gasteiger partial charge in [-0.15, -0.1) is 11.3 Å². The first kappa shape index (κ1) is 27.2. The first-order chi connectivity index (χ1) is 19.2. The molecule has 0 saturated carbocycles. The molecule has 0 radical (unpaired) electrons. The molecular weight excluding hydrogens is 572 g/mol. The number of carbonyl (C=O) groups is 2. The van der Waals surface area contributed by atoms with Crippen LogP contribution in [0, 0.1) is 0 Å². The van der Waals surface area contributed by atoms with Crippen LogP contribution in [-0.2, 0) is 30.9 Å². The summed E-state index contributed by atoms with van der Waals surface area (Å²) in [5.74, 6) is 0.154. The molecule has 0 spiro atoms.